The van der Waals surface area contributed by atoms with Crippen LogP contribution >= 0.6 is 7.26 Å². The first-order valence-electron chi connectivity index (χ1n) is 11.5. The van der Waals surface area contributed by atoms with Crippen molar-refractivity contribution in [2.45, 2.75) is 0 Å². The molecule has 6 aromatic carbocycles. The molecule has 0 aromatic heterocycles. The van der Waals surface area contributed by atoms with E-state index in [2.05, 4.69) is 146 Å². The van der Waals surface area contributed by atoms with Crippen LogP contribution in [0.15, 0.2) is 146 Å². The maximum absolute atomic E-state index is 2.53. The van der Waals surface area contributed by atoms with Crippen molar-refractivity contribution in [2.24, 2.45) is 0 Å². The fourth-order valence-corrected chi connectivity index (χ4v) is 10.0. The zero-order chi connectivity index (χ0) is 22.1. The molecule has 0 heterocycles. The van der Waals surface area contributed by atoms with Gasteiger partial charge in [-0.25, -0.2) is 0 Å². The van der Waals surface area contributed by atoms with Crippen molar-refractivity contribution in [1.82, 2.24) is 0 Å². The topological polar surface area (TPSA) is 0 Å². The Morgan fingerprint density at radius 1 is 0.273 bits per heavy atom. The molecule has 0 nitrogen and oxygen atoms in total. The Balaban J connectivity index is 1.76. The van der Waals surface area contributed by atoms with Gasteiger partial charge in [0.15, 0.2) is 0 Å². The molecule has 0 aliphatic heterocycles. The van der Waals surface area contributed by atoms with Crippen LogP contribution in [0, 0.1) is 0 Å². The van der Waals surface area contributed by atoms with Gasteiger partial charge in [0.05, 0.1) is 0 Å². The first kappa shape index (κ1) is 19.9. The van der Waals surface area contributed by atoms with Gasteiger partial charge in [-0.15, -0.1) is 0 Å². The molecule has 0 fully saturated rings. The molecule has 0 unspecified atom stereocenters. The minimum absolute atomic E-state index is 1.28. The Labute approximate surface area is 195 Å². The molecule has 0 saturated heterocycles. The molecule has 0 atom stereocenters. The summed E-state index contributed by atoms with van der Waals surface area (Å²) in [6, 6.07) is 53.8. The van der Waals surface area contributed by atoms with Gasteiger partial charge in [0.1, 0.15) is 0 Å². The van der Waals surface area contributed by atoms with Crippen molar-refractivity contribution in [2.75, 3.05) is 0 Å². The summed E-state index contributed by atoms with van der Waals surface area (Å²) >= 11 is 0. The molecular weight excluding hydrogens is 415 g/mol. The van der Waals surface area contributed by atoms with Gasteiger partial charge in [0, 0.05) is 0 Å². The van der Waals surface area contributed by atoms with Gasteiger partial charge in [-0.05, 0) is 0 Å². The van der Waals surface area contributed by atoms with E-state index in [1.54, 1.807) is 0 Å². The average Bonchev–Trinajstić information content (AvgIpc) is 2.90. The van der Waals surface area contributed by atoms with Crippen LogP contribution in [-0.2, 0) is 0 Å². The maximum atomic E-state index is 2.43. The number of fused-ring (bicyclic) bond motifs is 2. The zero-order valence-electron chi connectivity index (χ0n) is 18.4. The van der Waals surface area contributed by atoms with E-state index in [0.717, 1.165) is 0 Å². The third kappa shape index (κ3) is 3.35. The van der Waals surface area contributed by atoms with Crippen LogP contribution in [0.25, 0.3) is 21.5 Å². The van der Waals surface area contributed by atoms with E-state index in [0.29, 0.717) is 0 Å². The van der Waals surface area contributed by atoms with Gasteiger partial charge in [-0.3, -0.25) is 0 Å². The molecule has 6 rings (SSSR count). The van der Waals surface area contributed by atoms with Gasteiger partial charge >= 0.3 is 196 Å². The molecule has 0 saturated carbocycles. The molecule has 0 spiro atoms. The summed E-state index contributed by atoms with van der Waals surface area (Å²) in [5, 5.41) is 10.8. The van der Waals surface area contributed by atoms with E-state index in [1.165, 1.54) is 42.8 Å². The van der Waals surface area contributed by atoms with Crippen LogP contribution in [0.2, 0.25) is 0 Å². The Bertz CT molecular complexity index is 1430. The summed E-state index contributed by atoms with van der Waals surface area (Å²) in [4.78, 5) is 0. The average molecular weight is 441 g/mol. The SMILES string of the molecule is c1ccc([PH](c2ccccc2)(c2ccc3ccccc3c2)c2ccc3ccccc3c2)cc1. The minimum atomic E-state index is -2.53. The Morgan fingerprint density at radius 3 is 1.06 bits per heavy atom. The molecular formula is C32H25P. The first-order chi connectivity index (χ1) is 16.4. The van der Waals surface area contributed by atoms with Crippen LogP contribution in [-0.4, -0.2) is 0 Å². The van der Waals surface area contributed by atoms with Crippen molar-refractivity contribution < 1.29 is 0 Å². The van der Waals surface area contributed by atoms with Gasteiger partial charge in [0.2, 0.25) is 0 Å². The van der Waals surface area contributed by atoms with Crippen molar-refractivity contribution in [1.29, 1.82) is 0 Å². The predicted molar refractivity (Wildman–Crippen MR) is 148 cm³/mol. The van der Waals surface area contributed by atoms with Crippen LogP contribution in [0.3, 0.4) is 0 Å². The van der Waals surface area contributed by atoms with E-state index in [4.69, 9.17) is 0 Å². The Kier molecular flexibility index (Phi) is 5.02. The molecule has 6 aromatic rings. The summed E-state index contributed by atoms with van der Waals surface area (Å²) < 4.78 is 0. The van der Waals surface area contributed by atoms with Crippen molar-refractivity contribution in [3.63, 3.8) is 0 Å². The van der Waals surface area contributed by atoms with Crippen LogP contribution in [0.5, 0.6) is 0 Å². The second-order valence-electron chi connectivity index (χ2n) is 8.61. The standard InChI is InChI=1S/C32H25P/c1-3-15-29(16-4-1)33(30-17-5-2-6-18-30,31-21-19-25-11-7-9-13-27(25)23-31)32-22-20-26-12-8-10-14-28(26)24-32/h1-24,33H. The zero-order valence-corrected chi connectivity index (χ0v) is 19.4. The van der Waals surface area contributed by atoms with Crippen molar-refractivity contribution in [3.05, 3.63) is 146 Å². The molecule has 0 amide bonds. The number of rotatable bonds is 4. The fraction of sp³-hybridized carbons (Fsp3) is 0. The van der Waals surface area contributed by atoms with Crippen LogP contribution in [0.4, 0.5) is 0 Å². The summed E-state index contributed by atoms with van der Waals surface area (Å²) in [7, 11) is -2.53. The number of hydrogen-bond donors (Lipinski definition) is 0. The second kappa shape index (κ2) is 8.32. The quantitative estimate of drug-likeness (QED) is 0.281. The fourth-order valence-electron chi connectivity index (χ4n) is 5.22. The molecule has 0 aliphatic rings. The molecule has 0 aliphatic carbocycles. The van der Waals surface area contributed by atoms with Gasteiger partial charge in [0.25, 0.3) is 0 Å². The molecule has 33 heavy (non-hydrogen) atoms. The van der Waals surface area contributed by atoms with Crippen molar-refractivity contribution >= 4 is 50.0 Å². The Morgan fingerprint density at radius 2 is 0.636 bits per heavy atom. The van der Waals surface area contributed by atoms with E-state index in [9.17, 15) is 0 Å². The van der Waals surface area contributed by atoms with Gasteiger partial charge < -0.3 is 0 Å². The molecule has 0 N–H and O–H groups in total. The Hall–Kier alpha value is -3.73. The van der Waals surface area contributed by atoms with Gasteiger partial charge in [-0.2, -0.15) is 0 Å². The molecule has 1 heteroatoms. The van der Waals surface area contributed by atoms with Crippen molar-refractivity contribution in [3.8, 4) is 0 Å². The molecule has 0 bridgehead atoms. The van der Waals surface area contributed by atoms with E-state index in [-0.39, 0.29) is 0 Å². The number of benzene rings is 6. The van der Waals surface area contributed by atoms with Gasteiger partial charge in [-0.1, -0.05) is 0 Å². The summed E-state index contributed by atoms with van der Waals surface area (Å²) in [6.45, 7) is 0. The molecule has 158 valence electrons. The second-order valence-corrected chi connectivity index (χ2v) is 12.4. The van der Waals surface area contributed by atoms with E-state index < -0.39 is 7.26 Å². The normalized spacial score (nSPS) is 12.1. The van der Waals surface area contributed by atoms with E-state index in [1.807, 2.05) is 0 Å². The van der Waals surface area contributed by atoms with E-state index >= 15 is 0 Å². The van der Waals surface area contributed by atoms with Crippen LogP contribution in [0.1, 0.15) is 0 Å². The summed E-state index contributed by atoms with van der Waals surface area (Å²) in [5.74, 6) is 0. The summed E-state index contributed by atoms with van der Waals surface area (Å²) in [5.41, 5.74) is 0. The summed E-state index contributed by atoms with van der Waals surface area (Å²) in [6.07, 6.45) is 0. The first-order valence-corrected chi connectivity index (χ1v) is 13.5. The third-order valence-corrected chi connectivity index (χ3v) is 11.5. The predicted octanol–water partition coefficient (Wildman–Crippen LogP) is 6.34. The van der Waals surface area contributed by atoms with Crippen LogP contribution < -0.4 is 21.2 Å². The molecule has 0 radical (unpaired) electrons. The number of hydrogen-bond acceptors (Lipinski definition) is 0. The third-order valence-electron chi connectivity index (χ3n) is 6.78. The monoisotopic (exact) mass is 440 g/mol.